The van der Waals surface area contributed by atoms with Gasteiger partial charge in [0, 0.05) is 17.2 Å². The van der Waals surface area contributed by atoms with Crippen LogP contribution < -0.4 is 5.56 Å². The van der Waals surface area contributed by atoms with E-state index in [0.29, 0.717) is 18.2 Å². The van der Waals surface area contributed by atoms with Crippen LogP contribution in [0.3, 0.4) is 0 Å². The Morgan fingerprint density at radius 2 is 2.26 bits per heavy atom. The fourth-order valence-electron chi connectivity index (χ4n) is 3.95. The molecule has 1 aliphatic rings. The van der Waals surface area contributed by atoms with Gasteiger partial charge in [0.15, 0.2) is 5.16 Å². The zero-order valence-electron chi connectivity index (χ0n) is 17.4. The standard InChI is InChI=1S/C22H23N3O3S3/c1-3-16-13(2)31-20-18(16)21(26)25(10-15-6-4-8-27-15)22(24-20)30-12-14-11-28-19(23-14)17-7-5-9-29-17/h5,7,9,11,15H,3-4,6,8,10,12H2,1-2H3. The highest BCUT2D eigenvalue weighted by Crippen LogP contribution is 2.31. The van der Waals surface area contributed by atoms with E-state index in [4.69, 9.17) is 14.1 Å². The molecule has 0 spiro atoms. The van der Waals surface area contributed by atoms with E-state index in [1.807, 2.05) is 22.1 Å². The van der Waals surface area contributed by atoms with Crippen LogP contribution in [0.5, 0.6) is 0 Å². The van der Waals surface area contributed by atoms with E-state index < -0.39 is 0 Å². The Hall–Kier alpha value is -1.94. The van der Waals surface area contributed by atoms with Crippen LogP contribution in [-0.4, -0.2) is 27.2 Å². The highest BCUT2D eigenvalue weighted by atomic mass is 32.2. The summed E-state index contributed by atoms with van der Waals surface area (Å²) in [5.74, 6) is 1.22. The molecule has 9 heteroatoms. The average Bonchev–Trinajstić information content (AvgIpc) is 3.55. The van der Waals surface area contributed by atoms with Gasteiger partial charge in [0.05, 0.1) is 28.6 Å². The first-order chi connectivity index (χ1) is 15.1. The predicted octanol–water partition coefficient (Wildman–Crippen LogP) is 5.52. The van der Waals surface area contributed by atoms with Gasteiger partial charge >= 0.3 is 0 Å². The van der Waals surface area contributed by atoms with Gasteiger partial charge in [0.25, 0.3) is 5.56 Å². The van der Waals surface area contributed by atoms with Gasteiger partial charge in [-0.3, -0.25) is 9.36 Å². The topological polar surface area (TPSA) is 70.2 Å². The molecular weight excluding hydrogens is 450 g/mol. The van der Waals surface area contributed by atoms with Crippen molar-refractivity contribution < 1.29 is 9.15 Å². The van der Waals surface area contributed by atoms with Crippen LogP contribution >= 0.6 is 34.4 Å². The summed E-state index contributed by atoms with van der Waals surface area (Å²) in [4.78, 5) is 26.0. The molecule has 0 aromatic carbocycles. The molecule has 162 valence electrons. The maximum absolute atomic E-state index is 13.5. The molecule has 5 heterocycles. The minimum Gasteiger partial charge on any atom is -0.444 e. The van der Waals surface area contributed by atoms with Crippen LogP contribution in [0, 0.1) is 6.92 Å². The number of nitrogens with zero attached hydrogens (tertiary/aromatic N) is 3. The third kappa shape index (κ3) is 4.11. The molecule has 1 saturated heterocycles. The SMILES string of the molecule is CCc1c(C)sc2nc(SCc3coc(-c4cccs4)n3)n(CC3CCCO3)c(=O)c12. The molecule has 0 amide bonds. The number of ether oxygens (including phenoxy) is 1. The van der Waals surface area contributed by atoms with E-state index in [2.05, 4.69) is 18.8 Å². The van der Waals surface area contributed by atoms with Crippen molar-refractivity contribution in [1.82, 2.24) is 14.5 Å². The third-order valence-electron chi connectivity index (χ3n) is 5.47. The van der Waals surface area contributed by atoms with E-state index in [9.17, 15) is 4.79 Å². The molecule has 1 aliphatic heterocycles. The highest BCUT2D eigenvalue weighted by molar-refractivity contribution is 7.98. The van der Waals surface area contributed by atoms with E-state index in [0.717, 1.165) is 57.4 Å². The van der Waals surface area contributed by atoms with Crippen LogP contribution in [0.2, 0.25) is 0 Å². The monoisotopic (exact) mass is 473 g/mol. The first kappa shape index (κ1) is 20.9. The molecule has 1 atom stereocenters. The summed E-state index contributed by atoms with van der Waals surface area (Å²) in [6.45, 7) is 5.47. The molecule has 0 saturated carbocycles. The number of fused-ring (bicyclic) bond motifs is 1. The number of thioether (sulfide) groups is 1. The van der Waals surface area contributed by atoms with Crippen LogP contribution in [0.15, 0.2) is 38.1 Å². The molecule has 6 nitrogen and oxygen atoms in total. The van der Waals surface area contributed by atoms with Gasteiger partial charge in [-0.15, -0.1) is 22.7 Å². The molecular formula is C22H23N3O3S3. The second-order valence-electron chi connectivity index (χ2n) is 7.53. The summed E-state index contributed by atoms with van der Waals surface area (Å²) < 4.78 is 13.3. The Morgan fingerprint density at radius 3 is 3.00 bits per heavy atom. The fraction of sp³-hybridized carbons (Fsp3) is 0.409. The summed E-state index contributed by atoms with van der Waals surface area (Å²) in [5, 5.41) is 3.50. The van der Waals surface area contributed by atoms with E-state index in [-0.39, 0.29) is 11.7 Å². The lowest BCUT2D eigenvalue weighted by Gasteiger charge is -2.15. The van der Waals surface area contributed by atoms with Crippen molar-refractivity contribution in [2.24, 2.45) is 0 Å². The molecule has 31 heavy (non-hydrogen) atoms. The lowest BCUT2D eigenvalue weighted by atomic mass is 10.1. The van der Waals surface area contributed by atoms with E-state index in [1.165, 1.54) is 16.6 Å². The van der Waals surface area contributed by atoms with Crippen molar-refractivity contribution >= 4 is 44.7 Å². The van der Waals surface area contributed by atoms with Gasteiger partial charge < -0.3 is 9.15 Å². The van der Waals surface area contributed by atoms with Crippen LogP contribution in [0.4, 0.5) is 0 Å². The summed E-state index contributed by atoms with van der Waals surface area (Å²) in [5.41, 5.74) is 2.00. The largest absolute Gasteiger partial charge is 0.444 e. The Balaban J connectivity index is 1.48. The summed E-state index contributed by atoms with van der Waals surface area (Å²) in [6, 6.07) is 3.97. The lowest BCUT2D eigenvalue weighted by molar-refractivity contribution is 0.0937. The minimum absolute atomic E-state index is 0.0450. The van der Waals surface area contributed by atoms with Crippen molar-refractivity contribution in [2.45, 2.75) is 56.7 Å². The summed E-state index contributed by atoms with van der Waals surface area (Å²) in [7, 11) is 0. The summed E-state index contributed by atoms with van der Waals surface area (Å²) in [6.07, 6.45) is 4.61. The summed E-state index contributed by atoms with van der Waals surface area (Å²) >= 11 is 4.73. The van der Waals surface area contributed by atoms with Crippen molar-refractivity contribution in [1.29, 1.82) is 0 Å². The van der Waals surface area contributed by atoms with Crippen molar-refractivity contribution in [3.63, 3.8) is 0 Å². The molecule has 0 bridgehead atoms. The zero-order valence-corrected chi connectivity index (χ0v) is 19.9. The Bertz CT molecular complexity index is 1250. The van der Waals surface area contributed by atoms with Gasteiger partial charge in [-0.25, -0.2) is 9.97 Å². The minimum atomic E-state index is 0.0450. The molecule has 1 fully saturated rings. The number of hydrogen-bond acceptors (Lipinski definition) is 8. The Morgan fingerprint density at radius 1 is 1.35 bits per heavy atom. The Labute approximate surface area is 192 Å². The van der Waals surface area contributed by atoms with Crippen molar-refractivity contribution in [3.8, 4) is 10.8 Å². The average molecular weight is 474 g/mol. The van der Waals surface area contributed by atoms with Gasteiger partial charge in [0.1, 0.15) is 11.1 Å². The lowest BCUT2D eigenvalue weighted by Crippen LogP contribution is -2.29. The van der Waals surface area contributed by atoms with E-state index in [1.54, 1.807) is 28.9 Å². The molecule has 5 rings (SSSR count). The van der Waals surface area contributed by atoms with Gasteiger partial charge in [-0.2, -0.15) is 0 Å². The quantitative estimate of drug-likeness (QED) is 0.260. The van der Waals surface area contributed by atoms with Gasteiger partial charge in [0.2, 0.25) is 5.89 Å². The molecule has 1 unspecified atom stereocenters. The molecule has 0 radical (unpaired) electrons. The van der Waals surface area contributed by atoms with Crippen LogP contribution in [0.1, 0.15) is 35.9 Å². The third-order valence-corrected chi connectivity index (χ3v) is 8.38. The molecule has 0 N–H and O–H groups in total. The van der Waals surface area contributed by atoms with Gasteiger partial charge in [-0.1, -0.05) is 24.8 Å². The van der Waals surface area contributed by atoms with E-state index >= 15 is 0 Å². The molecule has 0 aliphatic carbocycles. The number of aryl methyl sites for hydroxylation is 2. The van der Waals surface area contributed by atoms with Crippen molar-refractivity contribution in [3.05, 3.63) is 50.3 Å². The van der Waals surface area contributed by atoms with Crippen LogP contribution in [0.25, 0.3) is 21.0 Å². The number of rotatable bonds is 7. The first-order valence-electron chi connectivity index (χ1n) is 10.4. The molecule has 4 aromatic rings. The maximum Gasteiger partial charge on any atom is 0.263 e. The highest BCUT2D eigenvalue weighted by Gasteiger charge is 2.23. The van der Waals surface area contributed by atoms with Crippen LogP contribution in [-0.2, 0) is 23.5 Å². The number of aromatic nitrogens is 3. The number of hydrogen-bond donors (Lipinski definition) is 0. The Kier molecular flexibility index (Phi) is 6.01. The second-order valence-corrected chi connectivity index (χ2v) is 10.6. The van der Waals surface area contributed by atoms with Gasteiger partial charge in [-0.05, 0) is 43.2 Å². The smallest absolute Gasteiger partial charge is 0.263 e. The fourth-order valence-corrected chi connectivity index (χ4v) is 6.64. The maximum atomic E-state index is 13.5. The molecule has 4 aromatic heterocycles. The van der Waals surface area contributed by atoms with Crippen molar-refractivity contribution in [2.75, 3.05) is 6.61 Å². The predicted molar refractivity (Wildman–Crippen MR) is 126 cm³/mol. The normalized spacial score (nSPS) is 16.5. The first-order valence-corrected chi connectivity index (χ1v) is 13.1. The number of thiophene rings is 2. The zero-order chi connectivity index (χ0) is 21.4. The number of oxazole rings is 1. The second kappa shape index (κ2) is 8.90.